The van der Waals surface area contributed by atoms with Crippen LogP contribution >= 0.6 is 23.2 Å². The summed E-state index contributed by atoms with van der Waals surface area (Å²) >= 11 is 12.2. The van der Waals surface area contributed by atoms with E-state index in [1.807, 2.05) is 30.3 Å². The Kier molecular flexibility index (Phi) is 5.74. The van der Waals surface area contributed by atoms with Crippen LogP contribution in [0.1, 0.15) is 10.4 Å². The minimum absolute atomic E-state index is 0.279. The van der Waals surface area contributed by atoms with E-state index in [0.717, 1.165) is 5.56 Å². The number of anilines is 1. The predicted molar refractivity (Wildman–Crippen MR) is 118 cm³/mol. The van der Waals surface area contributed by atoms with Crippen LogP contribution < -0.4 is 10.1 Å². The topological polar surface area (TPSA) is 64.4 Å². The number of nitrogens with zero attached hydrogens (tertiary/aromatic N) is 1. The molecule has 0 aliphatic heterocycles. The molecule has 0 spiro atoms. The minimum atomic E-state index is -0.351. The van der Waals surface area contributed by atoms with Gasteiger partial charge in [0.15, 0.2) is 5.76 Å². The number of carbonyl (C=O) groups is 1. The maximum Gasteiger partial charge on any atom is 0.256 e. The Balaban J connectivity index is 1.66. The van der Waals surface area contributed by atoms with Gasteiger partial charge in [-0.1, -0.05) is 53.5 Å². The summed E-state index contributed by atoms with van der Waals surface area (Å²) in [6.45, 7) is 0. The van der Waals surface area contributed by atoms with Gasteiger partial charge < -0.3 is 14.5 Å². The second kappa shape index (κ2) is 8.61. The first kappa shape index (κ1) is 20.0. The maximum atomic E-state index is 12.9. The molecule has 1 amide bonds. The van der Waals surface area contributed by atoms with Crippen LogP contribution in [0.4, 0.5) is 5.69 Å². The van der Waals surface area contributed by atoms with Crippen LogP contribution in [0.25, 0.3) is 22.8 Å². The minimum Gasteiger partial charge on any atom is -0.497 e. The van der Waals surface area contributed by atoms with E-state index in [-0.39, 0.29) is 10.9 Å². The van der Waals surface area contributed by atoms with Crippen LogP contribution in [-0.4, -0.2) is 18.0 Å². The van der Waals surface area contributed by atoms with Crippen molar-refractivity contribution in [2.75, 3.05) is 12.4 Å². The smallest absolute Gasteiger partial charge is 0.256 e. The van der Waals surface area contributed by atoms with E-state index < -0.39 is 0 Å². The number of methoxy groups -OCH3 is 1. The molecule has 0 saturated heterocycles. The van der Waals surface area contributed by atoms with E-state index >= 15 is 0 Å². The molecule has 0 fully saturated rings. The van der Waals surface area contributed by atoms with Gasteiger partial charge in [0.05, 0.1) is 34.6 Å². The van der Waals surface area contributed by atoms with Gasteiger partial charge >= 0.3 is 0 Å². The number of oxazole rings is 1. The zero-order chi connectivity index (χ0) is 21.1. The molecule has 1 aromatic heterocycles. The molecular formula is C23H16Cl2N2O3. The zero-order valence-corrected chi connectivity index (χ0v) is 17.4. The number of benzene rings is 3. The second-order valence-corrected chi connectivity index (χ2v) is 7.15. The van der Waals surface area contributed by atoms with Gasteiger partial charge in [0.1, 0.15) is 5.75 Å². The molecule has 7 heteroatoms. The van der Waals surface area contributed by atoms with Crippen molar-refractivity contribution in [2.45, 2.75) is 0 Å². The number of rotatable bonds is 5. The largest absolute Gasteiger partial charge is 0.497 e. The Hall–Kier alpha value is -3.28. The number of aromatic nitrogens is 1. The third-order valence-corrected chi connectivity index (χ3v) is 5.28. The number of halogens is 2. The summed E-state index contributed by atoms with van der Waals surface area (Å²) in [6.07, 6.45) is 1.62. The van der Waals surface area contributed by atoms with Gasteiger partial charge in [-0.15, -0.1) is 0 Å². The van der Waals surface area contributed by atoms with Crippen molar-refractivity contribution in [3.8, 4) is 28.5 Å². The standard InChI is InChI=1S/C23H16Cl2N2O3/c1-29-15-7-4-6-14(12-15)20-13-26-23(30-20)17-9-3-2-8-16(17)22(28)27-19-11-5-10-18(24)21(19)25/h2-13H,1H3,(H,27,28). The number of ether oxygens (including phenoxy) is 1. The highest BCUT2D eigenvalue weighted by Crippen LogP contribution is 2.32. The fourth-order valence-corrected chi connectivity index (χ4v) is 3.31. The van der Waals surface area contributed by atoms with Crippen LogP contribution in [0.2, 0.25) is 10.0 Å². The summed E-state index contributed by atoms with van der Waals surface area (Å²) in [5.41, 5.74) is 2.20. The fourth-order valence-electron chi connectivity index (χ4n) is 2.97. The van der Waals surface area contributed by atoms with E-state index in [1.165, 1.54) is 0 Å². The van der Waals surface area contributed by atoms with E-state index in [9.17, 15) is 4.79 Å². The van der Waals surface area contributed by atoms with Crippen LogP contribution in [0.3, 0.4) is 0 Å². The van der Waals surface area contributed by atoms with Gasteiger partial charge in [0.2, 0.25) is 5.89 Å². The van der Waals surface area contributed by atoms with Crippen molar-refractivity contribution in [1.29, 1.82) is 0 Å². The monoisotopic (exact) mass is 438 g/mol. The van der Waals surface area contributed by atoms with Crippen molar-refractivity contribution in [1.82, 2.24) is 4.98 Å². The second-order valence-electron chi connectivity index (χ2n) is 6.36. The molecule has 0 atom stereocenters. The van der Waals surface area contributed by atoms with Gasteiger partial charge in [-0.05, 0) is 36.4 Å². The molecular weight excluding hydrogens is 423 g/mol. The molecule has 1 heterocycles. The number of carbonyl (C=O) groups excluding carboxylic acids is 1. The van der Waals surface area contributed by atoms with Crippen molar-refractivity contribution < 1.29 is 13.9 Å². The van der Waals surface area contributed by atoms with E-state index in [0.29, 0.717) is 39.2 Å². The Labute approximate surface area is 183 Å². The van der Waals surface area contributed by atoms with Crippen molar-refractivity contribution >= 4 is 34.8 Å². The quantitative estimate of drug-likeness (QED) is 0.382. The average molecular weight is 439 g/mol. The number of nitrogens with one attached hydrogen (secondary N) is 1. The predicted octanol–water partition coefficient (Wildman–Crippen LogP) is 6.58. The molecule has 4 aromatic rings. The van der Waals surface area contributed by atoms with Crippen molar-refractivity contribution in [3.63, 3.8) is 0 Å². The molecule has 30 heavy (non-hydrogen) atoms. The lowest BCUT2D eigenvalue weighted by Crippen LogP contribution is -2.13. The molecule has 1 N–H and O–H groups in total. The highest BCUT2D eigenvalue weighted by molar-refractivity contribution is 6.44. The van der Waals surface area contributed by atoms with E-state index in [2.05, 4.69) is 10.3 Å². The molecule has 0 bridgehead atoms. The third-order valence-electron chi connectivity index (χ3n) is 4.46. The third kappa shape index (κ3) is 4.03. The average Bonchev–Trinajstić information content (AvgIpc) is 3.27. The molecule has 4 rings (SSSR count). The first-order valence-electron chi connectivity index (χ1n) is 9.02. The molecule has 0 radical (unpaired) electrons. The van der Waals surface area contributed by atoms with Crippen molar-refractivity contribution in [2.24, 2.45) is 0 Å². The molecule has 0 aliphatic rings. The molecule has 0 unspecified atom stereocenters. The van der Waals surface area contributed by atoms with Gasteiger partial charge in [0.25, 0.3) is 5.91 Å². The summed E-state index contributed by atoms with van der Waals surface area (Å²) in [4.78, 5) is 17.3. The number of hydrogen-bond acceptors (Lipinski definition) is 4. The Morgan fingerprint density at radius 2 is 1.83 bits per heavy atom. The van der Waals surface area contributed by atoms with Crippen LogP contribution in [0, 0.1) is 0 Å². The van der Waals surface area contributed by atoms with E-state index in [4.69, 9.17) is 32.4 Å². The molecule has 0 aliphatic carbocycles. The SMILES string of the molecule is COc1cccc(-c2cnc(-c3ccccc3C(=O)Nc3cccc(Cl)c3Cl)o2)c1. The Morgan fingerprint density at radius 3 is 2.67 bits per heavy atom. The van der Waals surface area contributed by atoms with Gasteiger partial charge in [-0.3, -0.25) is 4.79 Å². The van der Waals surface area contributed by atoms with Crippen molar-refractivity contribution in [3.05, 3.63) is 88.5 Å². The number of amides is 1. The lowest BCUT2D eigenvalue weighted by atomic mass is 10.1. The number of hydrogen-bond donors (Lipinski definition) is 1. The summed E-state index contributed by atoms with van der Waals surface area (Å²) in [7, 11) is 1.60. The molecule has 0 saturated carbocycles. The highest BCUT2D eigenvalue weighted by atomic mass is 35.5. The lowest BCUT2D eigenvalue weighted by molar-refractivity contribution is 0.102. The summed E-state index contributed by atoms with van der Waals surface area (Å²) in [5.74, 6) is 1.26. The molecule has 3 aromatic carbocycles. The zero-order valence-electron chi connectivity index (χ0n) is 15.9. The first-order valence-corrected chi connectivity index (χ1v) is 9.77. The molecule has 5 nitrogen and oxygen atoms in total. The Bertz CT molecular complexity index is 1220. The summed E-state index contributed by atoms with van der Waals surface area (Å²) in [5, 5.41) is 3.43. The lowest BCUT2D eigenvalue weighted by Gasteiger charge is -2.10. The fraction of sp³-hybridized carbons (Fsp3) is 0.0435. The summed E-state index contributed by atoms with van der Waals surface area (Å²) < 4.78 is 11.2. The highest BCUT2D eigenvalue weighted by Gasteiger charge is 2.18. The van der Waals surface area contributed by atoms with Gasteiger partial charge in [-0.2, -0.15) is 0 Å². The van der Waals surface area contributed by atoms with Gasteiger partial charge in [0, 0.05) is 11.1 Å². The van der Waals surface area contributed by atoms with Gasteiger partial charge in [-0.25, -0.2) is 4.98 Å². The van der Waals surface area contributed by atoms with E-state index in [1.54, 1.807) is 49.7 Å². The first-order chi connectivity index (χ1) is 14.6. The Morgan fingerprint density at radius 1 is 1.03 bits per heavy atom. The maximum absolute atomic E-state index is 12.9. The van der Waals surface area contributed by atoms with Crippen LogP contribution in [0.5, 0.6) is 5.75 Å². The summed E-state index contributed by atoms with van der Waals surface area (Å²) in [6, 6.07) is 19.6. The van der Waals surface area contributed by atoms with Crippen LogP contribution in [0.15, 0.2) is 77.3 Å². The molecule has 150 valence electrons. The van der Waals surface area contributed by atoms with Crippen LogP contribution in [-0.2, 0) is 0 Å². The normalized spacial score (nSPS) is 10.6.